The molecule has 4 rings (SSSR count). The van der Waals surface area contributed by atoms with Crippen molar-refractivity contribution in [3.63, 3.8) is 0 Å². The molecule has 0 aliphatic carbocycles. The van der Waals surface area contributed by atoms with Crippen LogP contribution < -0.4 is 15.5 Å². The first-order chi connectivity index (χ1) is 19.6. The summed E-state index contributed by atoms with van der Waals surface area (Å²) in [7, 11) is 1.55. The number of furan rings is 1. The van der Waals surface area contributed by atoms with Gasteiger partial charge in [0.1, 0.15) is 17.6 Å². The zero-order chi connectivity index (χ0) is 29.6. The van der Waals surface area contributed by atoms with Gasteiger partial charge in [-0.2, -0.15) is 13.2 Å². The van der Waals surface area contributed by atoms with Crippen LogP contribution in [0.2, 0.25) is 5.02 Å². The monoisotopic (exact) mass is 585 g/mol. The minimum absolute atomic E-state index is 0.0790. The van der Waals surface area contributed by atoms with Crippen LogP contribution in [-0.4, -0.2) is 36.5 Å². The van der Waals surface area contributed by atoms with Crippen LogP contribution in [0.1, 0.15) is 28.6 Å². The van der Waals surface area contributed by atoms with Gasteiger partial charge in [0.15, 0.2) is 5.76 Å². The number of carbonyl (C=O) groups excluding carboxylic acids is 2. The number of hydrogen-bond donors (Lipinski definition) is 2. The molecule has 1 heterocycles. The summed E-state index contributed by atoms with van der Waals surface area (Å²) in [6.07, 6.45) is -4.41. The molecule has 0 saturated carbocycles. The molecule has 4 aromatic rings. The standard InChI is InChI=1S/C30H27ClF3N3O4/c1-3-37(36-23-10-12-24(40-2)13-11-23)29(39)25(17-19-6-4-9-22(31)16-19)35-28(38)27-15-14-26(41-27)20-7-5-8-21(18-20)30(32,33)34/h4-16,18,25,36H,3,17H2,1-2H3,(H,35,38). The summed E-state index contributed by atoms with van der Waals surface area (Å²) >= 11 is 6.14. The number of likely N-dealkylation sites (N-methyl/N-ethyl adjacent to an activating group) is 1. The lowest BCUT2D eigenvalue weighted by atomic mass is 10.0. The van der Waals surface area contributed by atoms with Crippen molar-refractivity contribution < 1.29 is 31.9 Å². The predicted molar refractivity (Wildman–Crippen MR) is 150 cm³/mol. The number of nitrogens with one attached hydrogen (secondary N) is 2. The lowest BCUT2D eigenvalue weighted by Gasteiger charge is -2.28. The molecule has 0 saturated heterocycles. The van der Waals surface area contributed by atoms with E-state index in [1.807, 2.05) is 0 Å². The third-order valence-corrected chi connectivity index (χ3v) is 6.41. The number of amides is 2. The third kappa shape index (κ3) is 7.61. The maximum absolute atomic E-state index is 13.7. The van der Waals surface area contributed by atoms with E-state index in [0.29, 0.717) is 22.0 Å². The predicted octanol–water partition coefficient (Wildman–Crippen LogP) is 6.84. The fourth-order valence-electron chi connectivity index (χ4n) is 4.09. The van der Waals surface area contributed by atoms with Gasteiger partial charge in [-0.3, -0.25) is 20.0 Å². The maximum Gasteiger partial charge on any atom is 0.416 e. The molecule has 0 radical (unpaired) electrons. The molecule has 2 amide bonds. The van der Waals surface area contributed by atoms with Crippen molar-refractivity contribution in [3.8, 4) is 17.1 Å². The van der Waals surface area contributed by atoms with Gasteiger partial charge in [-0.1, -0.05) is 35.9 Å². The molecule has 214 valence electrons. The summed E-state index contributed by atoms with van der Waals surface area (Å²) in [5.41, 5.74) is 3.71. The van der Waals surface area contributed by atoms with Crippen molar-refractivity contribution >= 4 is 29.1 Å². The number of ether oxygens (including phenoxy) is 1. The van der Waals surface area contributed by atoms with E-state index in [-0.39, 0.29) is 30.0 Å². The van der Waals surface area contributed by atoms with Crippen molar-refractivity contribution in [1.29, 1.82) is 0 Å². The number of nitrogens with zero attached hydrogens (tertiary/aromatic N) is 1. The molecule has 0 spiro atoms. The number of methoxy groups -OCH3 is 1. The number of benzene rings is 3. The van der Waals surface area contributed by atoms with Crippen molar-refractivity contribution in [1.82, 2.24) is 10.3 Å². The Morgan fingerprint density at radius 1 is 1.00 bits per heavy atom. The lowest BCUT2D eigenvalue weighted by molar-refractivity contribution is -0.137. The van der Waals surface area contributed by atoms with Crippen molar-refractivity contribution in [2.45, 2.75) is 25.6 Å². The van der Waals surface area contributed by atoms with Gasteiger partial charge in [0.2, 0.25) is 0 Å². The van der Waals surface area contributed by atoms with E-state index >= 15 is 0 Å². The molecule has 2 N–H and O–H groups in total. The Morgan fingerprint density at radius 3 is 2.39 bits per heavy atom. The Hall–Kier alpha value is -4.44. The van der Waals surface area contributed by atoms with Gasteiger partial charge >= 0.3 is 6.18 Å². The summed E-state index contributed by atoms with van der Waals surface area (Å²) in [6.45, 7) is 2.05. The summed E-state index contributed by atoms with van der Waals surface area (Å²) < 4.78 is 50.2. The molecule has 3 aromatic carbocycles. The highest BCUT2D eigenvalue weighted by Gasteiger charge is 2.31. The van der Waals surface area contributed by atoms with Crippen LogP contribution in [0.5, 0.6) is 5.75 Å². The smallest absolute Gasteiger partial charge is 0.416 e. The van der Waals surface area contributed by atoms with Crippen molar-refractivity contribution in [3.05, 3.63) is 107 Å². The summed E-state index contributed by atoms with van der Waals surface area (Å²) in [5.74, 6) is -0.563. The number of hydrazine groups is 1. The fraction of sp³-hybridized carbons (Fsp3) is 0.200. The maximum atomic E-state index is 13.7. The topological polar surface area (TPSA) is 83.8 Å². The van der Waals surface area contributed by atoms with E-state index in [0.717, 1.165) is 12.1 Å². The molecular formula is C30H27ClF3N3O4. The summed E-state index contributed by atoms with van der Waals surface area (Å²) in [6, 6.07) is 20.2. The van der Waals surface area contributed by atoms with Gasteiger partial charge < -0.3 is 14.5 Å². The average Bonchev–Trinajstić information content (AvgIpc) is 3.46. The second kappa shape index (κ2) is 12.8. The number of halogens is 4. The highest BCUT2D eigenvalue weighted by Crippen LogP contribution is 2.32. The minimum Gasteiger partial charge on any atom is -0.497 e. The first-order valence-electron chi connectivity index (χ1n) is 12.6. The van der Waals surface area contributed by atoms with E-state index in [2.05, 4.69) is 10.7 Å². The molecule has 41 heavy (non-hydrogen) atoms. The highest BCUT2D eigenvalue weighted by molar-refractivity contribution is 6.30. The van der Waals surface area contributed by atoms with Crippen LogP contribution in [0.4, 0.5) is 18.9 Å². The van der Waals surface area contributed by atoms with Crippen LogP contribution >= 0.6 is 11.6 Å². The fourth-order valence-corrected chi connectivity index (χ4v) is 4.31. The molecule has 1 aromatic heterocycles. The van der Waals surface area contributed by atoms with Gasteiger partial charge in [-0.15, -0.1) is 0 Å². The van der Waals surface area contributed by atoms with Gasteiger partial charge in [-0.05, 0) is 73.2 Å². The van der Waals surface area contributed by atoms with E-state index < -0.39 is 29.6 Å². The number of rotatable bonds is 10. The number of hydrogen-bond acceptors (Lipinski definition) is 5. The normalized spacial score (nSPS) is 12.0. The molecule has 0 bridgehead atoms. The molecule has 1 atom stereocenters. The average molecular weight is 586 g/mol. The van der Waals surface area contributed by atoms with E-state index in [4.69, 9.17) is 20.8 Å². The van der Waals surface area contributed by atoms with Crippen LogP contribution in [-0.2, 0) is 17.4 Å². The summed E-state index contributed by atoms with van der Waals surface area (Å²) in [4.78, 5) is 26.9. The van der Waals surface area contributed by atoms with Crippen LogP contribution in [0.15, 0.2) is 89.3 Å². The molecule has 0 aliphatic rings. The zero-order valence-corrected chi connectivity index (χ0v) is 22.9. The van der Waals surface area contributed by atoms with Gasteiger partial charge in [-0.25, -0.2) is 0 Å². The SMILES string of the molecule is CCN(Nc1ccc(OC)cc1)C(=O)C(Cc1cccc(Cl)c1)NC(=O)c1ccc(-c2cccc(C(F)(F)F)c2)o1. The molecule has 0 aliphatic heterocycles. The zero-order valence-electron chi connectivity index (χ0n) is 22.2. The number of anilines is 1. The minimum atomic E-state index is -4.53. The molecular weight excluding hydrogens is 559 g/mol. The van der Waals surface area contributed by atoms with Crippen LogP contribution in [0.25, 0.3) is 11.3 Å². The van der Waals surface area contributed by atoms with Gasteiger partial charge in [0.05, 0.1) is 18.4 Å². The molecule has 0 fully saturated rings. The first-order valence-corrected chi connectivity index (χ1v) is 13.0. The highest BCUT2D eigenvalue weighted by atomic mass is 35.5. The second-order valence-electron chi connectivity index (χ2n) is 9.03. The largest absolute Gasteiger partial charge is 0.497 e. The molecule has 1 unspecified atom stereocenters. The van der Waals surface area contributed by atoms with E-state index in [1.54, 1.807) is 62.6 Å². The number of carbonyl (C=O) groups is 2. The van der Waals surface area contributed by atoms with Crippen molar-refractivity contribution in [2.75, 3.05) is 19.1 Å². The van der Waals surface area contributed by atoms with Crippen LogP contribution in [0, 0.1) is 0 Å². The van der Waals surface area contributed by atoms with E-state index in [9.17, 15) is 22.8 Å². The Morgan fingerprint density at radius 2 is 1.73 bits per heavy atom. The summed E-state index contributed by atoms with van der Waals surface area (Å²) in [5, 5.41) is 4.55. The Labute approximate surface area is 239 Å². The quantitative estimate of drug-likeness (QED) is 0.199. The Balaban J connectivity index is 1.56. The second-order valence-corrected chi connectivity index (χ2v) is 9.46. The van der Waals surface area contributed by atoms with Gasteiger partial charge in [0.25, 0.3) is 11.8 Å². The Kier molecular flexibility index (Phi) is 9.24. The number of alkyl halides is 3. The first kappa shape index (κ1) is 29.5. The van der Waals surface area contributed by atoms with Crippen LogP contribution in [0.3, 0.4) is 0 Å². The third-order valence-electron chi connectivity index (χ3n) is 6.17. The molecule has 11 heteroatoms. The Bertz CT molecular complexity index is 1510. The van der Waals surface area contributed by atoms with Gasteiger partial charge in [0, 0.05) is 23.6 Å². The lowest BCUT2D eigenvalue weighted by Crippen LogP contribution is -2.51. The molecule has 7 nitrogen and oxygen atoms in total. The van der Waals surface area contributed by atoms with E-state index in [1.165, 1.54) is 29.3 Å². The van der Waals surface area contributed by atoms with Crippen molar-refractivity contribution in [2.24, 2.45) is 0 Å².